The predicted molar refractivity (Wildman–Crippen MR) is 84.7 cm³/mol. The molecule has 0 bridgehead atoms. The number of halogens is 1. The molecule has 0 N–H and O–H groups in total. The lowest BCUT2D eigenvalue weighted by Crippen LogP contribution is -1.98. The zero-order chi connectivity index (χ0) is 13.7. The lowest BCUT2D eigenvalue weighted by Gasteiger charge is -2.04. The highest BCUT2D eigenvalue weighted by Gasteiger charge is 2.06. The average molecular weight is 319 g/mol. The molecule has 2 rings (SSSR count). The van der Waals surface area contributed by atoms with Crippen LogP contribution in [0.2, 0.25) is 0 Å². The first-order valence-corrected chi connectivity index (χ1v) is 7.72. The SMILES string of the molecule is CCCCCCC(=O)c1ccc2cc(Br)ccc2c1. The van der Waals surface area contributed by atoms with Gasteiger partial charge in [-0.05, 0) is 35.4 Å². The van der Waals surface area contributed by atoms with E-state index in [4.69, 9.17) is 0 Å². The summed E-state index contributed by atoms with van der Waals surface area (Å²) in [5, 5.41) is 2.29. The van der Waals surface area contributed by atoms with Gasteiger partial charge in [-0.25, -0.2) is 0 Å². The number of hydrogen-bond acceptors (Lipinski definition) is 1. The summed E-state index contributed by atoms with van der Waals surface area (Å²) in [6, 6.07) is 12.1. The fourth-order valence-corrected chi connectivity index (χ4v) is 2.63. The van der Waals surface area contributed by atoms with Crippen molar-refractivity contribution < 1.29 is 4.79 Å². The highest BCUT2D eigenvalue weighted by atomic mass is 79.9. The molecule has 0 radical (unpaired) electrons. The van der Waals surface area contributed by atoms with Gasteiger partial charge in [0.2, 0.25) is 0 Å². The van der Waals surface area contributed by atoms with Crippen molar-refractivity contribution in [3.05, 3.63) is 46.4 Å². The van der Waals surface area contributed by atoms with E-state index in [1.807, 2.05) is 30.3 Å². The Hall–Kier alpha value is -1.15. The van der Waals surface area contributed by atoms with E-state index in [2.05, 4.69) is 28.9 Å². The maximum atomic E-state index is 12.1. The fourth-order valence-electron chi connectivity index (χ4n) is 2.25. The Morgan fingerprint density at radius 1 is 1.00 bits per heavy atom. The first kappa shape index (κ1) is 14.3. The number of benzene rings is 2. The van der Waals surface area contributed by atoms with Gasteiger partial charge in [-0.15, -0.1) is 0 Å². The summed E-state index contributed by atoms with van der Waals surface area (Å²) in [6.45, 7) is 2.18. The van der Waals surface area contributed by atoms with E-state index in [0.717, 1.165) is 33.7 Å². The molecular formula is C17H19BrO. The smallest absolute Gasteiger partial charge is 0.162 e. The normalized spacial score (nSPS) is 10.8. The minimum Gasteiger partial charge on any atom is -0.294 e. The topological polar surface area (TPSA) is 17.1 Å². The van der Waals surface area contributed by atoms with Gasteiger partial charge in [-0.3, -0.25) is 4.79 Å². The Bertz CT molecular complexity index is 574. The summed E-state index contributed by atoms with van der Waals surface area (Å²) in [7, 11) is 0. The molecule has 0 aliphatic rings. The fraction of sp³-hybridized carbons (Fsp3) is 0.353. The molecule has 2 heteroatoms. The molecule has 0 atom stereocenters. The second-order valence-corrected chi connectivity index (χ2v) is 5.86. The molecular weight excluding hydrogens is 300 g/mol. The third kappa shape index (κ3) is 3.90. The minimum absolute atomic E-state index is 0.265. The number of rotatable bonds is 6. The lowest BCUT2D eigenvalue weighted by molar-refractivity contribution is 0.0979. The van der Waals surface area contributed by atoms with Gasteiger partial charge in [-0.1, -0.05) is 60.3 Å². The van der Waals surface area contributed by atoms with Crippen molar-refractivity contribution in [2.24, 2.45) is 0 Å². The van der Waals surface area contributed by atoms with Crippen molar-refractivity contribution in [1.82, 2.24) is 0 Å². The van der Waals surface area contributed by atoms with Crippen LogP contribution < -0.4 is 0 Å². The number of Topliss-reactive ketones (excluding diaryl/α,β-unsaturated/α-hetero) is 1. The molecule has 0 heterocycles. The van der Waals surface area contributed by atoms with Crippen LogP contribution in [-0.2, 0) is 0 Å². The van der Waals surface area contributed by atoms with Crippen LogP contribution in [0.5, 0.6) is 0 Å². The van der Waals surface area contributed by atoms with Crippen molar-refractivity contribution in [2.45, 2.75) is 39.0 Å². The Kier molecular flexibility index (Phi) is 5.15. The van der Waals surface area contributed by atoms with Gasteiger partial charge in [-0.2, -0.15) is 0 Å². The van der Waals surface area contributed by atoms with Crippen molar-refractivity contribution in [1.29, 1.82) is 0 Å². The lowest BCUT2D eigenvalue weighted by atomic mass is 10.0. The van der Waals surface area contributed by atoms with E-state index in [1.165, 1.54) is 12.8 Å². The number of hydrogen-bond donors (Lipinski definition) is 0. The Morgan fingerprint density at radius 2 is 1.74 bits per heavy atom. The largest absolute Gasteiger partial charge is 0.294 e. The Labute approximate surface area is 123 Å². The number of carbonyl (C=O) groups is 1. The van der Waals surface area contributed by atoms with E-state index >= 15 is 0 Å². The van der Waals surface area contributed by atoms with Crippen molar-refractivity contribution in [2.75, 3.05) is 0 Å². The number of carbonyl (C=O) groups excluding carboxylic acids is 1. The third-order valence-corrected chi connectivity index (χ3v) is 3.87. The standard InChI is InChI=1S/C17H19BrO/c1-2-3-4-5-6-17(19)15-8-7-14-12-16(18)10-9-13(14)11-15/h7-12H,2-6H2,1H3. The van der Waals surface area contributed by atoms with Gasteiger partial charge in [0.25, 0.3) is 0 Å². The molecule has 1 nitrogen and oxygen atoms in total. The van der Waals surface area contributed by atoms with Gasteiger partial charge in [0.15, 0.2) is 5.78 Å². The molecule has 0 spiro atoms. The van der Waals surface area contributed by atoms with Crippen molar-refractivity contribution >= 4 is 32.5 Å². The zero-order valence-corrected chi connectivity index (χ0v) is 12.9. The molecule has 100 valence electrons. The van der Waals surface area contributed by atoms with Crippen LogP contribution in [0.25, 0.3) is 10.8 Å². The van der Waals surface area contributed by atoms with Crippen molar-refractivity contribution in [3.63, 3.8) is 0 Å². The monoisotopic (exact) mass is 318 g/mol. The van der Waals surface area contributed by atoms with E-state index < -0.39 is 0 Å². The first-order valence-electron chi connectivity index (χ1n) is 6.93. The van der Waals surface area contributed by atoms with E-state index in [1.54, 1.807) is 0 Å². The van der Waals surface area contributed by atoms with Gasteiger partial charge in [0.1, 0.15) is 0 Å². The van der Waals surface area contributed by atoms with Crippen LogP contribution in [0.1, 0.15) is 49.4 Å². The Balaban J connectivity index is 2.08. The molecule has 0 aliphatic heterocycles. The third-order valence-electron chi connectivity index (χ3n) is 3.38. The predicted octanol–water partition coefficient (Wildman–Crippen LogP) is 5.76. The second kappa shape index (κ2) is 6.85. The average Bonchev–Trinajstić information content (AvgIpc) is 2.42. The van der Waals surface area contributed by atoms with Crippen LogP contribution in [0.15, 0.2) is 40.9 Å². The second-order valence-electron chi connectivity index (χ2n) is 4.94. The summed E-state index contributed by atoms with van der Waals surface area (Å²) in [6.07, 6.45) is 5.26. The molecule has 2 aromatic carbocycles. The van der Waals surface area contributed by atoms with E-state index in [9.17, 15) is 4.79 Å². The van der Waals surface area contributed by atoms with Gasteiger partial charge in [0.05, 0.1) is 0 Å². The molecule has 0 fully saturated rings. The summed E-state index contributed by atoms with van der Waals surface area (Å²) in [4.78, 5) is 12.1. The summed E-state index contributed by atoms with van der Waals surface area (Å²) < 4.78 is 1.07. The summed E-state index contributed by atoms with van der Waals surface area (Å²) in [5.74, 6) is 0.265. The van der Waals surface area contributed by atoms with Gasteiger partial charge in [0, 0.05) is 16.5 Å². The molecule has 0 unspecified atom stereocenters. The number of ketones is 1. The molecule has 0 amide bonds. The first-order chi connectivity index (χ1) is 9.20. The molecule has 0 saturated carbocycles. The van der Waals surface area contributed by atoms with E-state index in [0.29, 0.717) is 6.42 Å². The highest BCUT2D eigenvalue weighted by Crippen LogP contribution is 2.22. The Morgan fingerprint density at radius 3 is 2.53 bits per heavy atom. The molecule has 2 aromatic rings. The van der Waals surface area contributed by atoms with Gasteiger partial charge < -0.3 is 0 Å². The van der Waals surface area contributed by atoms with Crippen LogP contribution >= 0.6 is 15.9 Å². The summed E-state index contributed by atoms with van der Waals surface area (Å²) in [5.41, 5.74) is 0.839. The minimum atomic E-state index is 0.265. The van der Waals surface area contributed by atoms with E-state index in [-0.39, 0.29) is 5.78 Å². The quantitative estimate of drug-likeness (QED) is 0.489. The highest BCUT2D eigenvalue weighted by molar-refractivity contribution is 9.10. The molecule has 0 aromatic heterocycles. The zero-order valence-electron chi connectivity index (χ0n) is 11.3. The maximum absolute atomic E-state index is 12.1. The number of unbranched alkanes of at least 4 members (excludes halogenated alkanes) is 3. The van der Waals surface area contributed by atoms with Crippen LogP contribution in [0.3, 0.4) is 0 Å². The van der Waals surface area contributed by atoms with Crippen molar-refractivity contribution in [3.8, 4) is 0 Å². The molecule has 0 saturated heterocycles. The van der Waals surface area contributed by atoms with Crippen LogP contribution in [-0.4, -0.2) is 5.78 Å². The van der Waals surface area contributed by atoms with Crippen LogP contribution in [0.4, 0.5) is 0 Å². The molecule has 19 heavy (non-hydrogen) atoms. The summed E-state index contributed by atoms with van der Waals surface area (Å²) >= 11 is 3.46. The number of fused-ring (bicyclic) bond motifs is 1. The van der Waals surface area contributed by atoms with Gasteiger partial charge >= 0.3 is 0 Å². The van der Waals surface area contributed by atoms with Crippen LogP contribution in [0, 0.1) is 0 Å². The molecule has 0 aliphatic carbocycles. The maximum Gasteiger partial charge on any atom is 0.162 e.